The number of hydrogen-bond donors (Lipinski definition) is 0. The van der Waals surface area contributed by atoms with Gasteiger partial charge in [0.25, 0.3) is 0 Å². The Morgan fingerprint density at radius 3 is 2.75 bits per heavy atom. The molecule has 0 radical (unpaired) electrons. The number of nitrogens with zero attached hydrogens (tertiary/aromatic N) is 2. The van der Waals surface area contributed by atoms with Gasteiger partial charge in [-0.25, -0.2) is 4.98 Å². The molecule has 20 heavy (non-hydrogen) atoms. The Morgan fingerprint density at radius 1 is 1.35 bits per heavy atom. The molecule has 0 aliphatic carbocycles. The Balaban J connectivity index is 1.83. The van der Waals surface area contributed by atoms with Gasteiger partial charge in [-0.15, -0.1) is 0 Å². The van der Waals surface area contributed by atoms with Crippen molar-refractivity contribution in [3.8, 4) is 11.3 Å². The summed E-state index contributed by atoms with van der Waals surface area (Å²) < 4.78 is 7.20. The van der Waals surface area contributed by atoms with Crippen LogP contribution >= 0.6 is 11.8 Å². The first-order valence-corrected chi connectivity index (χ1v) is 7.47. The first-order valence-electron chi connectivity index (χ1n) is 6.59. The third kappa shape index (κ3) is 2.45. The lowest BCUT2D eigenvalue weighted by atomic mass is 10.2. The summed E-state index contributed by atoms with van der Waals surface area (Å²) >= 11 is 1.48. The molecule has 0 bridgehead atoms. The molecular formula is C15H16N2O2S. The molecule has 5 heteroatoms. The molecule has 1 aliphatic heterocycles. The fraction of sp³-hybridized carbons (Fsp3) is 0.333. The van der Waals surface area contributed by atoms with E-state index < -0.39 is 0 Å². The molecule has 0 saturated carbocycles. The molecule has 1 aliphatic rings. The second kappa shape index (κ2) is 5.32. The molecule has 4 nitrogen and oxygen atoms in total. The maximum Gasteiger partial charge on any atom is 0.319 e. The number of carbonyl (C=O) groups excluding carboxylic acids is 1. The van der Waals surface area contributed by atoms with E-state index in [9.17, 15) is 4.79 Å². The number of esters is 1. The van der Waals surface area contributed by atoms with Gasteiger partial charge in [-0.2, -0.15) is 0 Å². The number of hydrogen-bond acceptors (Lipinski definition) is 4. The summed E-state index contributed by atoms with van der Waals surface area (Å²) in [7, 11) is 1.97. The maximum atomic E-state index is 11.7. The standard InChI is InChI=1S/C15H16N2O2S/c1-10-8-13(14(18)19-10)20-15-16-9-12(17(15)2)11-6-4-3-5-7-11/h3-7,9-10,13H,8H2,1-2H3. The summed E-state index contributed by atoms with van der Waals surface area (Å²) in [6, 6.07) is 10.1. The van der Waals surface area contributed by atoms with Crippen molar-refractivity contribution >= 4 is 17.7 Å². The predicted octanol–water partition coefficient (Wildman–Crippen LogP) is 2.88. The van der Waals surface area contributed by atoms with E-state index in [0.717, 1.165) is 22.8 Å². The molecule has 2 heterocycles. The monoisotopic (exact) mass is 288 g/mol. The van der Waals surface area contributed by atoms with Crippen molar-refractivity contribution < 1.29 is 9.53 Å². The largest absolute Gasteiger partial charge is 0.462 e. The van der Waals surface area contributed by atoms with Crippen LogP contribution in [0.3, 0.4) is 0 Å². The minimum absolute atomic E-state index is 0.00821. The number of thioether (sulfide) groups is 1. The average molecular weight is 288 g/mol. The van der Waals surface area contributed by atoms with Crippen LogP contribution in [-0.2, 0) is 16.6 Å². The zero-order chi connectivity index (χ0) is 14.1. The van der Waals surface area contributed by atoms with Crippen LogP contribution in [-0.4, -0.2) is 26.9 Å². The highest BCUT2D eigenvalue weighted by molar-refractivity contribution is 8.00. The Bertz CT molecular complexity index is 624. The van der Waals surface area contributed by atoms with Crippen molar-refractivity contribution in [2.45, 2.75) is 29.9 Å². The highest BCUT2D eigenvalue weighted by Gasteiger charge is 2.33. The number of ether oxygens (including phenoxy) is 1. The Morgan fingerprint density at radius 2 is 2.10 bits per heavy atom. The number of imidazole rings is 1. The summed E-state index contributed by atoms with van der Waals surface area (Å²) in [5.74, 6) is -0.133. The lowest BCUT2D eigenvalue weighted by molar-refractivity contribution is -0.140. The molecule has 1 aromatic carbocycles. The predicted molar refractivity (Wildman–Crippen MR) is 78.5 cm³/mol. The minimum Gasteiger partial charge on any atom is -0.462 e. The van der Waals surface area contributed by atoms with Gasteiger partial charge in [-0.1, -0.05) is 42.1 Å². The van der Waals surface area contributed by atoms with E-state index in [1.807, 2.05) is 42.9 Å². The zero-order valence-electron chi connectivity index (χ0n) is 11.4. The van der Waals surface area contributed by atoms with Gasteiger partial charge >= 0.3 is 5.97 Å². The molecule has 0 amide bonds. The van der Waals surface area contributed by atoms with Crippen molar-refractivity contribution in [1.82, 2.24) is 9.55 Å². The molecule has 2 atom stereocenters. The SMILES string of the molecule is CC1CC(Sc2ncc(-c3ccccc3)n2C)C(=O)O1. The maximum absolute atomic E-state index is 11.7. The lowest BCUT2D eigenvalue weighted by Crippen LogP contribution is -2.10. The van der Waals surface area contributed by atoms with Gasteiger partial charge in [0.2, 0.25) is 0 Å². The van der Waals surface area contributed by atoms with Crippen LogP contribution in [0.1, 0.15) is 13.3 Å². The third-order valence-corrected chi connectivity index (χ3v) is 4.65. The molecule has 0 spiro atoms. The van der Waals surface area contributed by atoms with E-state index in [2.05, 4.69) is 17.1 Å². The number of rotatable bonds is 3. The van der Waals surface area contributed by atoms with Crippen LogP contribution in [0.4, 0.5) is 0 Å². The molecule has 1 aromatic heterocycles. The molecule has 3 rings (SSSR count). The third-order valence-electron chi connectivity index (χ3n) is 3.39. The van der Waals surface area contributed by atoms with E-state index in [1.54, 1.807) is 0 Å². The van der Waals surface area contributed by atoms with Crippen LogP contribution in [0.15, 0.2) is 41.7 Å². The van der Waals surface area contributed by atoms with Crippen LogP contribution in [0.25, 0.3) is 11.3 Å². The molecule has 2 unspecified atom stereocenters. The van der Waals surface area contributed by atoms with Crippen LogP contribution in [0.5, 0.6) is 0 Å². The molecule has 0 N–H and O–H groups in total. The normalized spacial score (nSPS) is 22.0. The summed E-state index contributed by atoms with van der Waals surface area (Å²) in [5.41, 5.74) is 2.17. The van der Waals surface area contributed by atoms with E-state index in [0.29, 0.717) is 0 Å². The van der Waals surface area contributed by atoms with E-state index in [4.69, 9.17) is 4.74 Å². The zero-order valence-corrected chi connectivity index (χ0v) is 12.3. The Labute approximate surface area is 122 Å². The van der Waals surface area contributed by atoms with Gasteiger partial charge in [0.15, 0.2) is 5.16 Å². The summed E-state index contributed by atoms with van der Waals surface area (Å²) in [4.78, 5) is 16.1. The van der Waals surface area contributed by atoms with Crippen molar-refractivity contribution in [1.29, 1.82) is 0 Å². The first-order chi connectivity index (χ1) is 9.65. The van der Waals surface area contributed by atoms with Gasteiger partial charge in [0.1, 0.15) is 11.4 Å². The van der Waals surface area contributed by atoms with Crippen molar-refractivity contribution in [2.75, 3.05) is 0 Å². The van der Waals surface area contributed by atoms with Crippen molar-refractivity contribution in [3.05, 3.63) is 36.5 Å². The Hall–Kier alpha value is -1.75. The van der Waals surface area contributed by atoms with Crippen molar-refractivity contribution in [2.24, 2.45) is 7.05 Å². The average Bonchev–Trinajstić information content (AvgIpc) is 2.95. The molecule has 1 saturated heterocycles. The molecule has 1 fully saturated rings. The summed E-state index contributed by atoms with van der Waals surface area (Å²) in [6.45, 7) is 1.92. The molecule has 104 valence electrons. The number of aromatic nitrogens is 2. The lowest BCUT2D eigenvalue weighted by Gasteiger charge is -2.07. The van der Waals surface area contributed by atoms with E-state index >= 15 is 0 Å². The Kier molecular flexibility index (Phi) is 3.53. The van der Waals surface area contributed by atoms with Gasteiger partial charge in [-0.3, -0.25) is 4.79 Å². The highest BCUT2D eigenvalue weighted by Crippen LogP contribution is 2.33. The van der Waals surface area contributed by atoms with Gasteiger partial charge in [0.05, 0.1) is 11.9 Å². The van der Waals surface area contributed by atoms with E-state index in [-0.39, 0.29) is 17.3 Å². The van der Waals surface area contributed by atoms with E-state index in [1.165, 1.54) is 11.8 Å². The quantitative estimate of drug-likeness (QED) is 0.815. The van der Waals surface area contributed by atoms with Crippen LogP contribution < -0.4 is 0 Å². The van der Waals surface area contributed by atoms with Crippen molar-refractivity contribution in [3.63, 3.8) is 0 Å². The molecule has 2 aromatic rings. The topological polar surface area (TPSA) is 44.1 Å². The molecular weight excluding hydrogens is 272 g/mol. The second-order valence-corrected chi connectivity index (χ2v) is 6.11. The number of cyclic esters (lactones) is 1. The van der Waals surface area contributed by atoms with Gasteiger partial charge in [-0.05, 0) is 12.5 Å². The van der Waals surface area contributed by atoms with Gasteiger partial charge in [0, 0.05) is 13.5 Å². The minimum atomic E-state index is -0.144. The van der Waals surface area contributed by atoms with Gasteiger partial charge < -0.3 is 9.30 Å². The second-order valence-electron chi connectivity index (χ2n) is 4.94. The number of carbonyl (C=O) groups is 1. The fourth-order valence-corrected chi connectivity index (χ4v) is 3.47. The summed E-state index contributed by atoms with van der Waals surface area (Å²) in [6.07, 6.45) is 2.60. The smallest absolute Gasteiger partial charge is 0.319 e. The fourth-order valence-electron chi connectivity index (χ4n) is 2.32. The van der Waals surface area contributed by atoms with Crippen LogP contribution in [0.2, 0.25) is 0 Å². The number of benzene rings is 1. The summed E-state index contributed by atoms with van der Waals surface area (Å²) in [5, 5.41) is 0.703. The van der Waals surface area contributed by atoms with Crippen LogP contribution in [0, 0.1) is 0 Å². The first kappa shape index (κ1) is 13.2. The highest BCUT2D eigenvalue weighted by atomic mass is 32.2.